The first-order chi connectivity index (χ1) is 6.65. The molecular formula is C9H17N5. The van der Waals surface area contributed by atoms with E-state index in [1.807, 2.05) is 4.68 Å². The Bertz CT molecular complexity index is 317. The lowest BCUT2D eigenvalue weighted by atomic mass is 10.2. The maximum atomic E-state index is 4.04. The van der Waals surface area contributed by atoms with Crippen LogP contribution >= 0.6 is 0 Å². The molecule has 1 aromatic heterocycles. The minimum absolute atomic E-state index is 0.371. The molecule has 5 heteroatoms. The maximum Gasteiger partial charge on any atom is 0.165 e. The predicted octanol–water partition coefficient (Wildman–Crippen LogP) is 0.754. The minimum atomic E-state index is 0.371. The number of rotatable bonds is 4. The molecule has 0 aliphatic heterocycles. The first kappa shape index (κ1) is 9.58. The molecule has 0 aromatic carbocycles. The van der Waals surface area contributed by atoms with E-state index in [1.54, 1.807) is 0 Å². The fraction of sp³-hybridized carbons (Fsp3) is 0.889. The van der Waals surface area contributed by atoms with Crippen LogP contribution in [-0.4, -0.2) is 26.8 Å². The normalized spacial score (nSPS) is 23.8. The number of hydrogen-bond donors (Lipinski definition) is 1. The van der Waals surface area contributed by atoms with Gasteiger partial charge in [-0.25, -0.2) is 4.68 Å². The van der Waals surface area contributed by atoms with Crippen molar-refractivity contribution in [3.05, 3.63) is 5.82 Å². The van der Waals surface area contributed by atoms with Gasteiger partial charge in [0.15, 0.2) is 5.82 Å². The van der Waals surface area contributed by atoms with Crippen LogP contribution in [0.4, 0.5) is 0 Å². The van der Waals surface area contributed by atoms with Gasteiger partial charge in [0.25, 0.3) is 0 Å². The molecule has 1 atom stereocenters. The second kappa shape index (κ2) is 3.31. The maximum absolute atomic E-state index is 4.04. The van der Waals surface area contributed by atoms with Crippen molar-refractivity contribution in [2.24, 2.45) is 5.41 Å². The molecule has 1 unspecified atom stereocenters. The second-order valence-corrected chi connectivity index (χ2v) is 4.53. The van der Waals surface area contributed by atoms with Crippen molar-refractivity contribution in [1.29, 1.82) is 0 Å². The van der Waals surface area contributed by atoms with Gasteiger partial charge in [-0.1, -0.05) is 20.8 Å². The summed E-state index contributed by atoms with van der Waals surface area (Å²) in [7, 11) is 0. The van der Waals surface area contributed by atoms with E-state index in [2.05, 4.69) is 41.6 Å². The average molecular weight is 195 g/mol. The molecule has 1 fully saturated rings. The van der Waals surface area contributed by atoms with Gasteiger partial charge in [-0.2, -0.15) is 0 Å². The van der Waals surface area contributed by atoms with E-state index in [-0.39, 0.29) is 0 Å². The van der Waals surface area contributed by atoms with E-state index in [4.69, 9.17) is 0 Å². The van der Waals surface area contributed by atoms with Crippen molar-refractivity contribution < 1.29 is 0 Å². The van der Waals surface area contributed by atoms with Crippen LogP contribution in [0.25, 0.3) is 0 Å². The van der Waals surface area contributed by atoms with E-state index in [0.717, 1.165) is 18.9 Å². The largest absolute Gasteiger partial charge is 0.310 e. The Morgan fingerprint density at radius 1 is 1.57 bits per heavy atom. The van der Waals surface area contributed by atoms with Crippen molar-refractivity contribution >= 4 is 0 Å². The summed E-state index contributed by atoms with van der Waals surface area (Å²) in [5, 5.41) is 15.0. The van der Waals surface area contributed by atoms with Crippen molar-refractivity contribution in [2.75, 3.05) is 6.54 Å². The molecule has 5 nitrogen and oxygen atoms in total. The lowest BCUT2D eigenvalue weighted by Gasteiger charge is -2.06. The third-order valence-corrected chi connectivity index (χ3v) is 2.85. The van der Waals surface area contributed by atoms with Gasteiger partial charge in [0, 0.05) is 0 Å². The SMILES string of the molecule is CCNCc1nnnn1C1CC1(C)C. The number of nitrogens with one attached hydrogen (secondary N) is 1. The van der Waals surface area contributed by atoms with Gasteiger partial charge in [0.1, 0.15) is 0 Å². The van der Waals surface area contributed by atoms with E-state index < -0.39 is 0 Å². The zero-order chi connectivity index (χ0) is 10.2. The van der Waals surface area contributed by atoms with E-state index in [0.29, 0.717) is 11.5 Å². The van der Waals surface area contributed by atoms with Gasteiger partial charge in [-0.3, -0.25) is 0 Å². The molecule has 1 aromatic rings. The monoisotopic (exact) mass is 195 g/mol. The van der Waals surface area contributed by atoms with Gasteiger partial charge in [-0.05, 0) is 28.8 Å². The molecule has 1 aliphatic rings. The molecule has 0 saturated heterocycles. The summed E-state index contributed by atoms with van der Waals surface area (Å²) in [5.41, 5.74) is 0.371. The molecule has 0 radical (unpaired) electrons. The zero-order valence-electron chi connectivity index (χ0n) is 8.99. The summed E-state index contributed by atoms with van der Waals surface area (Å²) in [5.74, 6) is 0.947. The van der Waals surface area contributed by atoms with E-state index >= 15 is 0 Å². The van der Waals surface area contributed by atoms with Gasteiger partial charge < -0.3 is 5.32 Å². The predicted molar refractivity (Wildman–Crippen MR) is 52.6 cm³/mol. The van der Waals surface area contributed by atoms with Crippen LogP contribution in [0.5, 0.6) is 0 Å². The lowest BCUT2D eigenvalue weighted by Crippen LogP contribution is -2.17. The summed E-state index contributed by atoms with van der Waals surface area (Å²) in [6.07, 6.45) is 1.18. The first-order valence-electron chi connectivity index (χ1n) is 5.12. The van der Waals surface area contributed by atoms with Crippen LogP contribution in [0.2, 0.25) is 0 Å². The molecule has 1 heterocycles. The quantitative estimate of drug-likeness (QED) is 0.770. The fourth-order valence-electron chi connectivity index (χ4n) is 1.66. The summed E-state index contributed by atoms with van der Waals surface area (Å²) >= 11 is 0. The number of aromatic nitrogens is 4. The third kappa shape index (κ3) is 1.64. The first-order valence-corrected chi connectivity index (χ1v) is 5.12. The smallest absolute Gasteiger partial charge is 0.165 e. The Balaban J connectivity index is 2.07. The fourth-order valence-corrected chi connectivity index (χ4v) is 1.66. The lowest BCUT2D eigenvalue weighted by molar-refractivity contribution is 0.473. The van der Waals surface area contributed by atoms with Crippen LogP contribution in [0.3, 0.4) is 0 Å². The molecule has 0 spiro atoms. The average Bonchev–Trinajstić information content (AvgIpc) is 2.62. The number of tetrazole rings is 1. The third-order valence-electron chi connectivity index (χ3n) is 2.85. The molecule has 1 N–H and O–H groups in total. The zero-order valence-corrected chi connectivity index (χ0v) is 8.99. The van der Waals surface area contributed by atoms with Crippen LogP contribution in [0.1, 0.15) is 39.1 Å². The van der Waals surface area contributed by atoms with Gasteiger partial charge >= 0.3 is 0 Å². The van der Waals surface area contributed by atoms with Gasteiger partial charge in [0.2, 0.25) is 0 Å². The summed E-state index contributed by atoms with van der Waals surface area (Å²) in [6.45, 7) is 8.28. The van der Waals surface area contributed by atoms with Gasteiger partial charge in [-0.15, -0.1) is 5.10 Å². The summed E-state index contributed by atoms with van der Waals surface area (Å²) < 4.78 is 1.96. The molecule has 14 heavy (non-hydrogen) atoms. The Kier molecular flexibility index (Phi) is 2.26. The Hall–Kier alpha value is -0.970. The highest BCUT2D eigenvalue weighted by Gasteiger charge is 2.48. The minimum Gasteiger partial charge on any atom is -0.310 e. The van der Waals surface area contributed by atoms with Crippen molar-refractivity contribution in [3.63, 3.8) is 0 Å². The summed E-state index contributed by atoms with van der Waals surface area (Å²) in [6, 6.07) is 0.492. The molecular weight excluding hydrogens is 178 g/mol. The molecule has 0 amide bonds. The number of hydrogen-bond acceptors (Lipinski definition) is 4. The van der Waals surface area contributed by atoms with E-state index in [9.17, 15) is 0 Å². The Morgan fingerprint density at radius 3 is 2.86 bits per heavy atom. The van der Waals surface area contributed by atoms with Crippen LogP contribution in [0, 0.1) is 5.41 Å². The van der Waals surface area contributed by atoms with Crippen molar-refractivity contribution in [3.8, 4) is 0 Å². The van der Waals surface area contributed by atoms with Crippen LogP contribution < -0.4 is 5.32 Å². The molecule has 1 aliphatic carbocycles. The van der Waals surface area contributed by atoms with Crippen molar-refractivity contribution in [1.82, 2.24) is 25.5 Å². The highest BCUT2D eigenvalue weighted by molar-refractivity contribution is 5.02. The van der Waals surface area contributed by atoms with E-state index in [1.165, 1.54) is 6.42 Å². The Labute approximate surface area is 83.9 Å². The van der Waals surface area contributed by atoms with Crippen LogP contribution in [0.15, 0.2) is 0 Å². The molecule has 1 saturated carbocycles. The second-order valence-electron chi connectivity index (χ2n) is 4.53. The van der Waals surface area contributed by atoms with Gasteiger partial charge in [0.05, 0.1) is 12.6 Å². The van der Waals surface area contributed by atoms with Crippen molar-refractivity contribution in [2.45, 2.75) is 39.8 Å². The number of nitrogens with zero attached hydrogens (tertiary/aromatic N) is 4. The highest BCUT2D eigenvalue weighted by atomic mass is 15.6. The molecule has 2 rings (SSSR count). The Morgan fingerprint density at radius 2 is 2.29 bits per heavy atom. The topological polar surface area (TPSA) is 55.6 Å². The molecule has 0 bridgehead atoms. The standard InChI is InChI=1S/C9H17N5/c1-4-10-6-8-11-12-13-14(8)7-5-9(7,2)3/h7,10H,4-6H2,1-3H3. The molecule has 78 valence electrons. The van der Waals surface area contributed by atoms with Crippen LogP contribution in [-0.2, 0) is 6.54 Å². The summed E-state index contributed by atoms with van der Waals surface area (Å²) in [4.78, 5) is 0. The highest BCUT2D eigenvalue weighted by Crippen LogP contribution is 2.55.